The van der Waals surface area contributed by atoms with Crippen LogP contribution in [-0.2, 0) is 9.53 Å². The quantitative estimate of drug-likeness (QED) is 0.857. The largest absolute Gasteiger partial charge is 0.496 e. The molecule has 1 aliphatic heterocycles. The predicted molar refractivity (Wildman–Crippen MR) is 88.3 cm³/mol. The van der Waals surface area contributed by atoms with Crippen LogP contribution in [0, 0.1) is 11.7 Å². The van der Waals surface area contributed by atoms with Crippen molar-refractivity contribution < 1.29 is 18.7 Å². The van der Waals surface area contributed by atoms with Gasteiger partial charge in [0.15, 0.2) is 0 Å². The molecule has 2 unspecified atom stereocenters. The zero-order valence-electron chi connectivity index (χ0n) is 13.4. The zero-order valence-corrected chi connectivity index (χ0v) is 14.2. The third-order valence-electron chi connectivity index (χ3n) is 4.09. The number of carbonyl (C=O) groups is 1. The van der Waals surface area contributed by atoms with Crippen molar-refractivity contribution in [2.75, 3.05) is 20.3 Å². The summed E-state index contributed by atoms with van der Waals surface area (Å²) in [6.45, 7) is 3.06. The first-order valence-corrected chi connectivity index (χ1v) is 7.50. The number of hydrogen-bond acceptors (Lipinski definition) is 4. The summed E-state index contributed by atoms with van der Waals surface area (Å²) in [5.41, 5.74) is 6.64. The van der Waals surface area contributed by atoms with Crippen molar-refractivity contribution in [1.29, 1.82) is 0 Å². The third kappa shape index (κ3) is 5.06. The van der Waals surface area contributed by atoms with Crippen LogP contribution in [0.15, 0.2) is 18.2 Å². The Balaban J connectivity index is 0.00000264. The minimum absolute atomic E-state index is 0. The summed E-state index contributed by atoms with van der Waals surface area (Å²) >= 11 is 0. The molecule has 1 aromatic rings. The summed E-state index contributed by atoms with van der Waals surface area (Å²) in [6, 6.07) is 3.27. The number of ether oxygens (including phenoxy) is 2. The molecule has 1 saturated heterocycles. The van der Waals surface area contributed by atoms with Crippen LogP contribution in [0.3, 0.4) is 0 Å². The molecule has 0 aromatic heterocycles. The van der Waals surface area contributed by atoms with Gasteiger partial charge in [-0.05, 0) is 43.9 Å². The molecule has 1 amide bonds. The first-order valence-electron chi connectivity index (χ1n) is 7.50. The van der Waals surface area contributed by atoms with E-state index in [9.17, 15) is 9.18 Å². The summed E-state index contributed by atoms with van der Waals surface area (Å²) < 4.78 is 23.9. The summed E-state index contributed by atoms with van der Waals surface area (Å²) in [7, 11) is 1.51. The van der Waals surface area contributed by atoms with Gasteiger partial charge >= 0.3 is 0 Å². The Kier molecular flexibility index (Phi) is 7.75. The van der Waals surface area contributed by atoms with E-state index >= 15 is 0 Å². The molecule has 23 heavy (non-hydrogen) atoms. The maximum Gasteiger partial charge on any atom is 0.237 e. The Morgan fingerprint density at radius 3 is 2.70 bits per heavy atom. The van der Waals surface area contributed by atoms with E-state index in [1.165, 1.54) is 19.2 Å². The smallest absolute Gasteiger partial charge is 0.237 e. The van der Waals surface area contributed by atoms with Gasteiger partial charge in [-0.2, -0.15) is 0 Å². The normalized spacial score (nSPS) is 17.7. The van der Waals surface area contributed by atoms with E-state index in [0.717, 1.165) is 12.8 Å². The Morgan fingerprint density at radius 1 is 1.43 bits per heavy atom. The topological polar surface area (TPSA) is 73.6 Å². The van der Waals surface area contributed by atoms with Gasteiger partial charge in [-0.1, -0.05) is 0 Å². The number of amides is 1. The van der Waals surface area contributed by atoms with Crippen LogP contribution < -0.4 is 15.8 Å². The average Bonchev–Trinajstić information content (AvgIpc) is 2.54. The molecule has 3 N–H and O–H groups in total. The Bertz CT molecular complexity index is 524. The summed E-state index contributed by atoms with van der Waals surface area (Å²) in [6.07, 6.45) is 1.57. The van der Waals surface area contributed by atoms with Gasteiger partial charge in [-0.15, -0.1) is 12.4 Å². The number of nitrogens with one attached hydrogen (secondary N) is 1. The van der Waals surface area contributed by atoms with Crippen molar-refractivity contribution in [2.45, 2.75) is 31.8 Å². The molecule has 5 nitrogen and oxygen atoms in total. The van der Waals surface area contributed by atoms with Gasteiger partial charge in [0.2, 0.25) is 5.91 Å². The number of nitrogens with two attached hydrogens (primary N) is 1. The highest BCUT2D eigenvalue weighted by Gasteiger charge is 2.28. The van der Waals surface area contributed by atoms with Crippen LogP contribution in [0.1, 0.15) is 31.4 Å². The predicted octanol–water partition coefficient (Wildman–Crippen LogP) is 2.19. The lowest BCUT2D eigenvalue weighted by Crippen LogP contribution is -2.47. The van der Waals surface area contributed by atoms with Crippen LogP contribution in [0.2, 0.25) is 0 Å². The van der Waals surface area contributed by atoms with Crippen molar-refractivity contribution >= 4 is 18.3 Å². The second kappa shape index (κ2) is 9.05. The van der Waals surface area contributed by atoms with Gasteiger partial charge in [0.25, 0.3) is 0 Å². The molecule has 1 aliphatic rings. The van der Waals surface area contributed by atoms with Crippen LogP contribution in [0.4, 0.5) is 4.39 Å². The Labute approximate surface area is 142 Å². The standard InChI is InChI=1S/C16H23FN2O3.ClH/c1-10(13-9-12(17)3-4-14(13)21-2)19-16(20)15(18)11-5-7-22-8-6-11;/h3-4,9-11,15H,5-8,18H2,1-2H3,(H,19,20);1H. The molecule has 2 atom stereocenters. The van der Waals surface area contributed by atoms with Gasteiger partial charge in [-0.25, -0.2) is 4.39 Å². The van der Waals surface area contributed by atoms with Gasteiger partial charge in [-0.3, -0.25) is 4.79 Å². The van der Waals surface area contributed by atoms with Gasteiger partial charge in [0.1, 0.15) is 11.6 Å². The molecule has 1 aromatic carbocycles. The fourth-order valence-electron chi connectivity index (χ4n) is 2.72. The maximum atomic E-state index is 13.4. The van der Waals surface area contributed by atoms with E-state index in [1.54, 1.807) is 13.0 Å². The first-order chi connectivity index (χ1) is 10.5. The summed E-state index contributed by atoms with van der Waals surface area (Å²) in [4.78, 5) is 12.3. The van der Waals surface area contributed by atoms with E-state index in [-0.39, 0.29) is 36.1 Å². The van der Waals surface area contributed by atoms with Crippen molar-refractivity contribution in [3.8, 4) is 5.75 Å². The second-order valence-electron chi connectivity index (χ2n) is 5.59. The van der Waals surface area contributed by atoms with E-state index < -0.39 is 6.04 Å². The van der Waals surface area contributed by atoms with E-state index in [2.05, 4.69) is 5.32 Å². The average molecular weight is 347 g/mol. The Morgan fingerprint density at radius 2 is 2.09 bits per heavy atom. The summed E-state index contributed by atoms with van der Waals surface area (Å²) in [5.74, 6) is 0.0560. The molecule has 1 heterocycles. The molecule has 7 heteroatoms. The van der Waals surface area contributed by atoms with Crippen LogP contribution in [-0.4, -0.2) is 32.3 Å². The van der Waals surface area contributed by atoms with Crippen molar-refractivity contribution in [3.05, 3.63) is 29.6 Å². The lowest BCUT2D eigenvalue weighted by atomic mass is 9.91. The van der Waals surface area contributed by atoms with E-state index in [1.807, 2.05) is 0 Å². The van der Waals surface area contributed by atoms with E-state index in [0.29, 0.717) is 24.5 Å². The lowest BCUT2D eigenvalue weighted by molar-refractivity contribution is -0.125. The highest BCUT2D eigenvalue weighted by atomic mass is 35.5. The molecular weight excluding hydrogens is 323 g/mol. The Hall–Kier alpha value is -1.37. The molecule has 0 saturated carbocycles. The molecule has 0 bridgehead atoms. The fourth-order valence-corrected chi connectivity index (χ4v) is 2.72. The number of rotatable bonds is 5. The first kappa shape index (κ1) is 19.7. The number of benzene rings is 1. The van der Waals surface area contributed by atoms with Crippen molar-refractivity contribution in [3.63, 3.8) is 0 Å². The zero-order chi connectivity index (χ0) is 16.1. The van der Waals surface area contributed by atoms with Crippen molar-refractivity contribution in [2.24, 2.45) is 11.7 Å². The van der Waals surface area contributed by atoms with Crippen molar-refractivity contribution in [1.82, 2.24) is 5.32 Å². The number of methoxy groups -OCH3 is 1. The molecule has 2 rings (SSSR count). The monoisotopic (exact) mass is 346 g/mol. The fraction of sp³-hybridized carbons (Fsp3) is 0.562. The minimum Gasteiger partial charge on any atom is -0.496 e. The SMILES string of the molecule is COc1ccc(F)cc1C(C)NC(=O)C(N)C1CCOCC1.Cl. The number of halogens is 2. The summed E-state index contributed by atoms with van der Waals surface area (Å²) in [5, 5.41) is 2.84. The highest BCUT2D eigenvalue weighted by molar-refractivity contribution is 5.85. The molecule has 130 valence electrons. The maximum absolute atomic E-state index is 13.4. The second-order valence-corrected chi connectivity index (χ2v) is 5.59. The van der Waals surface area contributed by atoms with Gasteiger partial charge in [0, 0.05) is 18.8 Å². The minimum atomic E-state index is -0.578. The lowest BCUT2D eigenvalue weighted by Gasteiger charge is -2.28. The third-order valence-corrected chi connectivity index (χ3v) is 4.09. The molecule has 1 fully saturated rings. The van der Waals surface area contributed by atoms with Crippen LogP contribution in [0.5, 0.6) is 5.75 Å². The number of hydrogen-bond donors (Lipinski definition) is 2. The van der Waals surface area contributed by atoms with Gasteiger partial charge < -0.3 is 20.5 Å². The van der Waals surface area contributed by atoms with Crippen LogP contribution >= 0.6 is 12.4 Å². The molecule has 0 spiro atoms. The molecule has 0 radical (unpaired) electrons. The number of carbonyl (C=O) groups excluding carboxylic acids is 1. The van der Waals surface area contributed by atoms with Gasteiger partial charge in [0.05, 0.1) is 19.2 Å². The van der Waals surface area contributed by atoms with Crippen LogP contribution in [0.25, 0.3) is 0 Å². The van der Waals surface area contributed by atoms with E-state index in [4.69, 9.17) is 15.2 Å². The molecule has 0 aliphatic carbocycles. The molecular formula is C16H24ClFN2O3. The highest BCUT2D eigenvalue weighted by Crippen LogP contribution is 2.26.